The Bertz CT molecular complexity index is 427. The lowest BCUT2D eigenvalue weighted by atomic mass is 10.3. The molecule has 1 rings (SSSR count). The first kappa shape index (κ1) is 12.9. The number of anilines is 1. The molecule has 1 aromatic carbocycles. The number of rotatable bonds is 5. The van der Waals surface area contributed by atoms with E-state index in [2.05, 4.69) is 10.5 Å². The van der Waals surface area contributed by atoms with Gasteiger partial charge < -0.3 is 4.74 Å². The summed E-state index contributed by atoms with van der Waals surface area (Å²) in [7, 11) is 0. The number of hydrogen-bond acceptors (Lipinski definition) is 5. The quantitative estimate of drug-likeness (QED) is 0.364. The van der Waals surface area contributed by atoms with Gasteiger partial charge in [0.1, 0.15) is 0 Å². The second-order valence-electron chi connectivity index (χ2n) is 3.21. The Balaban J connectivity index is 2.78. The van der Waals surface area contributed by atoms with Crippen LogP contribution in [0.2, 0.25) is 0 Å². The molecule has 0 aromatic heterocycles. The molecular weight excluding hydrogens is 220 g/mol. The van der Waals surface area contributed by atoms with Crippen LogP contribution in [-0.2, 0) is 14.3 Å². The highest BCUT2D eigenvalue weighted by Crippen LogP contribution is 2.04. The van der Waals surface area contributed by atoms with Gasteiger partial charge in [-0.15, -0.1) is 0 Å². The predicted molar refractivity (Wildman–Crippen MR) is 64.8 cm³/mol. The van der Waals surface area contributed by atoms with Gasteiger partial charge in [0.15, 0.2) is 5.78 Å². The highest BCUT2D eigenvalue weighted by atomic mass is 16.5. The third-order valence-electron chi connectivity index (χ3n) is 1.87. The molecule has 5 heteroatoms. The van der Waals surface area contributed by atoms with Crippen molar-refractivity contribution >= 4 is 23.2 Å². The van der Waals surface area contributed by atoms with Crippen molar-refractivity contribution in [3.05, 3.63) is 30.3 Å². The molecule has 0 aliphatic rings. The minimum Gasteiger partial charge on any atom is -0.461 e. The molecule has 0 radical (unpaired) electrons. The molecule has 0 saturated heterocycles. The summed E-state index contributed by atoms with van der Waals surface area (Å²) >= 11 is 0. The Morgan fingerprint density at radius 1 is 1.29 bits per heavy atom. The fourth-order valence-corrected chi connectivity index (χ4v) is 1.10. The smallest absolute Gasteiger partial charge is 0.362 e. The minimum absolute atomic E-state index is 0.205. The fourth-order valence-electron chi connectivity index (χ4n) is 1.10. The molecule has 0 atom stereocenters. The van der Waals surface area contributed by atoms with Gasteiger partial charge in [0.25, 0.3) is 0 Å². The summed E-state index contributed by atoms with van der Waals surface area (Å²) in [6.07, 6.45) is 0. The van der Waals surface area contributed by atoms with Crippen LogP contribution in [0.4, 0.5) is 5.69 Å². The summed E-state index contributed by atoms with van der Waals surface area (Å²) in [5.41, 5.74) is 3.08. The van der Waals surface area contributed by atoms with Crippen LogP contribution in [-0.4, -0.2) is 24.1 Å². The first-order valence-electron chi connectivity index (χ1n) is 5.22. The van der Waals surface area contributed by atoms with E-state index >= 15 is 0 Å². The van der Waals surface area contributed by atoms with Crippen molar-refractivity contribution in [3.63, 3.8) is 0 Å². The first-order valence-corrected chi connectivity index (χ1v) is 5.22. The molecule has 0 aliphatic heterocycles. The van der Waals surface area contributed by atoms with E-state index < -0.39 is 11.8 Å². The molecule has 5 nitrogen and oxygen atoms in total. The number of hydrazone groups is 1. The van der Waals surface area contributed by atoms with E-state index in [1.807, 2.05) is 18.2 Å². The summed E-state index contributed by atoms with van der Waals surface area (Å²) in [5.74, 6) is -1.16. The van der Waals surface area contributed by atoms with Gasteiger partial charge in [-0.2, -0.15) is 5.10 Å². The number of para-hydroxylation sites is 1. The van der Waals surface area contributed by atoms with Crippen LogP contribution >= 0.6 is 0 Å². The van der Waals surface area contributed by atoms with Gasteiger partial charge in [-0.05, 0) is 19.1 Å². The van der Waals surface area contributed by atoms with Crippen LogP contribution in [0, 0.1) is 0 Å². The molecule has 0 amide bonds. The van der Waals surface area contributed by atoms with E-state index in [0.29, 0.717) is 5.69 Å². The molecule has 1 N–H and O–H groups in total. The SMILES string of the molecule is CCOC(=O)/C(=N/Nc1ccccc1)C(C)=O. The lowest BCUT2D eigenvalue weighted by Crippen LogP contribution is -2.25. The Hall–Kier alpha value is -2.17. The lowest BCUT2D eigenvalue weighted by Gasteiger charge is -2.04. The van der Waals surface area contributed by atoms with Crippen LogP contribution in [0.5, 0.6) is 0 Å². The van der Waals surface area contributed by atoms with E-state index in [0.717, 1.165) is 0 Å². The number of nitrogens with zero attached hydrogens (tertiary/aromatic N) is 1. The number of carbonyl (C=O) groups is 2. The Kier molecular flexibility index (Phi) is 4.87. The zero-order valence-corrected chi connectivity index (χ0v) is 9.77. The van der Waals surface area contributed by atoms with Gasteiger partial charge in [-0.1, -0.05) is 18.2 Å². The van der Waals surface area contributed by atoms with Crippen LogP contribution in [0.15, 0.2) is 35.4 Å². The predicted octanol–water partition coefficient (Wildman–Crippen LogP) is 1.61. The van der Waals surface area contributed by atoms with E-state index in [4.69, 9.17) is 4.74 Å². The van der Waals surface area contributed by atoms with Crippen molar-refractivity contribution in [2.24, 2.45) is 5.10 Å². The summed E-state index contributed by atoms with van der Waals surface area (Å²) < 4.78 is 4.72. The number of ketones is 1. The summed E-state index contributed by atoms with van der Waals surface area (Å²) in [4.78, 5) is 22.6. The number of Topliss-reactive ketones (excluding diaryl/α,β-unsaturated/α-hetero) is 1. The van der Waals surface area contributed by atoms with E-state index in [1.165, 1.54) is 6.92 Å². The zero-order chi connectivity index (χ0) is 12.7. The van der Waals surface area contributed by atoms with Gasteiger partial charge in [-0.3, -0.25) is 10.2 Å². The number of ether oxygens (including phenoxy) is 1. The second kappa shape index (κ2) is 6.42. The fraction of sp³-hybridized carbons (Fsp3) is 0.250. The third-order valence-corrected chi connectivity index (χ3v) is 1.87. The van der Waals surface area contributed by atoms with Crippen molar-refractivity contribution in [2.45, 2.75) is 13.8 Å². The van der Waals surface area contributed by atoms with Gasteiger partial charge in [0.2, 0.25) is 5.71 Å². The number of benzene rings is 1. The van der Waals surface area contributed by atoms with Gasteiger partial charge >= 0.3 is 5.97 Å². The number of hydrogen-bond donors (Lipinski definition) is 1. The van der Waals surface area contributed by atoms with Crippen LogP contribution in [0.1, 0.15) is 13.8 Å². The maximum absolute atomic E-state index is 11.4. The Morgan fingerprint density at radius 3 is 2.47 bits per heavy atom. The average Bonchev–Trinajstić information content (AvgIpc) is 2.30. The monoisotopic (exact) mass is 234 g/mol. The molecule has 0 fully saturated rings. The van der Waals surface area contributed by atoms with Crippen LogP contribution < -0.4 is 5.43 Å². The van der Waals surface area contributed by atoms with E-state index in [-0.39, 0.29) is 12.3 Å². The van der Waals surface area contributed by atoms with Crippen molar-refractivity contribution < 1.29 is 14.3 Å². The van der Waals surface area contributed by atoms with Gasteiger partial charge in [0, 0.05) is 6.92 Å². The average molecular weight is 234 g/mol. The van der Waals surface area contributed by atoms with Crippen molar-refractivity contribution in [2.75, 3.05) is 12.0 Å². The largest absolute Gasteiger partial charge is 0.461 e. The second-order valence-corrected chi connectivity index (χ2v) is 3.21. The maximum Gasteiger partial charge on any atom is 0.362 e. The van der Waals surface area contributed by atoms with Gasteiger partial charge in [0.05, 0.1) is 12.3 Å². The van der Waals surface area contributed by atoms with Crippen molar-refractivity contribution in [1.82, 2.24) is 0 Å². The topological polar surface area (TPSA) is 67.8 Å². The number of carbonyl (C=O) groups excluding carboxylic acids is 2. The molecule has 90 valence electrons. The van der Waals surface area contributed by atoms with E-state index in [1.54, 1.807) is 19.1 Å². The third kappa shape index (κ3) is 4.06. The van der Waals surface area contributed by atoms with Gasteiger partial charge in [-0.25, -0.2) is 4.79 Å². The minimum atomic E-state index is -0.719. The molecular formula is C12H14N2O3. The Labute approximate surface area is 99.5 Å². The molecule has 0 aliphatic carbocycles. The van der Waals surface area contributed by atoms with Crippen molar-refractivity contribution in [3.8, 4) is 0 Å². The lowest BCUT2D eigenvalue weighted by molar-refractivity contribution is -0.135. The molecule has 0 heterocycles. The molecule has 0 unspecified atom stereocenters. The summed E-state index contributed by atoms with van der Waals surface area (Å²) in [6, 6.07) is 9.02. The Morgan fingerprint density at radius 2 is 1.94 bits per heavy atom. The maximum atomic E-state index is 11.4. The summed E-state index contributed by atoms with van der Waals surface area (Å²) in [5, 5.41) is 3.75. The molecule has 0 saturated carbocycles. The first-order chi connectivity index (χ1) is 8.15. The molecule has 1 aromatic rings. The van der Waals surface area contributed by atoms with E-state index in [9.17, 15) is 9.59 Å². The molecule has 0 spiro atoms. The number of esters is 1. The highest BCUT2D eigenvalue weighted by molar-refractivity contribution is 6.64. The van der Waals surface area contributed by atoms with Crippen LogP contribution in [0.3, 0.4) is 0 Å². The molecule has 0 bridgehead atoms. The number of nitrogens with one attached hydrogen (secondary N) is 1. The molecule has 17 heavy (non-hydrogen) atoms. The normalized spacial score (nSPS) is 10.8. The highest BCUT2D eigenvalue weighted by Gasteiger charge is 2.17. The standard InChI is InChI=1S/C12H14N2O3/c1-3-17-12(16)11(9(2)15)14-13-10-7-5-4-6-8-10/h4-8,13H,3H2,1-2H3/b14-11+. The van der Waals surface area contributed by atoms with Crippen molar-refractivity contribution in [1.29, 1.82) is 0 Å². The van der Waals surface area contributed by atoms with Crippen LogP contribution in [0.25, 0.3) is 0 Å². The zero-order valence-electron chi connectivity index (χ0n) is 9.77. The summed E-state index contributed by atoms with van der Waals surface area (Å²) in [6.45, 7) is 3.14.